The smallest absolute Gasteiger partial charge is 0.0346 e. The Morgan fingerprint density at radius 3 is 2.77 bits per heavy atom. The average molecular weight is 401 g/mol. The highest BCUT2D eigenvalue weighted by Crippen LogP contribution is 2.60. The third kappa shape index (κ3) is 3.64. The molecule has 1 aromatic carbocycles. The van der Waals surface area contributed by atoms with Crippen LogP contribution in [0, 0.1) is 11.3 Å². The molecule has 1 heterocycles. The van der Waals surface area contributed by atoms with E-state index < -0.39 is 0 Å². The summed E-state index contributed by atoms with van der Waals surface area (Å²) in [5, 5.41) is 2.60. The van der Waals surface area contributed by atoms with Crippen LogP contribution in [-0.2, 0) is 0 Å². The number of allylic oxidation sites excluding steroid dienone is 3. The summed E-state index contributed by atoms with van der Waals surface area (Å²) in [6.45, 7) is 2.58. The van der Waals surface area contributed by atoms with Gasteiger partial charge in [-0.15, -0.1) is 0 Å². The minimum Gasteiger partial charge on any atom is -0.306 e. The van der Waals surface area contributed by atoms with Gasteiger partial charge in [0.2, 0.25) is 0 Å². The van der Waals surface area contributed by atoms with Crippen LogP contribution in [0.5, 0.6) is 0 Å². The molecule has 0 aliphatic heterocycles. The second-order valence-electron chi connectivity index (χ2n) is 10.5. The molecule has 2 saturated carbocycles. The molecule has 5 rings (SSSR count). The summed E-state index contributed by atoms with van der Waals surface area (Å²) >= 11 is 0. The van der Waals surface area contributed by atoms with Gasteiger partial charge in [-0.1, -0.05) is 42.4 Å². The summed E-state index contributed by atoms with van der Waals surface area (Å²) in [5.41, 5.74) is 5.31. The molecule has 30 heavy (non-hydrogen) atoms. The number of fused-ring (bicyclic) bond motifs is 2. The van der Waals surface area contributed by atoms with Crippen molar-refractivity contribution >= 4 is 10.8 Å². The molecule has 3 aliphatic rings. The number of hydrogen-bond donors (Lipinski definition) is 0. The average Bonchev–Trinajstić information content (AvgIpc) is 3.10. The summed E-state index contributed by atoms with van der Waals surface area (Å²) in [5.74, 6) is 1.54. The Bertz CT molecular complexity index is 985. The SMILES string of the molecule is CN(C)C1CC=C(/C=C2/CC[C@@]3(C)[C@@H](CC[C@@H]3c3ccc4ccncc4c3)C2)CC1. The summed E-state index contributed by atoms with van der Waals surface area (Å²) in [6, 6.07) is 9.96. The Hall–Kier alpha value is -1.93. The van der Waals surface area contributed by atoms with Gasteiger partial charge < -0.3 is 4.90 Å². The standard InChI is InChI=1S/C28H36N2/c1-28-14-12-21(16-20-4-9-26(10-5-20)30(2)3)17-25(28)8-11-27(28)23-7-6-22-13-15-29-19-24(22)18-23/h4,6-7,13,15-16,18-19,25-27H,5,8-12,14,17H2,1-3H3/b21-16-/t25-,26?,27+,28-/m0/s1. The van der Waals surface area contributed by atoms with Gasteiger partial charge in [-0.05, 0) is 106 Å². The number of hydrogen-bond acceptors (Lipinski definition) is 2. The molecule has 0 spiro atoms. The van der Waals surface area contributed by atoms with E-state index in [0.717, 1.165) is 12.0 Å². The lowest BCUT2D eigenvalue weighted by atomic mass is 9.62. The van der Waals surface area contributed by atoms with E-state index in [1.54, 1.807) is 11.1 Å². The Balaban J connectivity index is 1.32. The molecule has 1 aromatic heterocycles. The second-order valence-corrected chi connectivity index (χ2v) is 10.5. The van der Waals surface area contributed by atoms with Crippen LogP contribution in [0.1, 0.15) is 69.8 Å². The predicted molar refractivity (Wildman–Crippen MR) is 127 cm³/mol. The Morgan fingerprint density at radius 2 is 1.97 bits per heavy atom. The molecule has 2 heteroatoms. The van der Waals surface area contributed by atoms with Crippen molar-refractivity contribution in [3.8, 4) is 0 Å². The van der Waals surface area contributed by atoms with Crippen LogP contribution >= 0.6 is 0 Å². The molecule has 2 fully saturated rings. The third-order valence-corrected chi connectivity index (χ3v) is 8.63. The van der Waals surface area contributed by atoms with E-state index in [-0.39, 0.29) is 0 Å². The lowest BCUT2D eigenvalue weighted by Gasteiger charge is -2.42. The molecule has 2 aromatic rings. The van der Waals surface area contributed by atoms with Crippen molar-refractivity contribution in [2.75, 3.05) is 14.1 Å². The van der Waals surface area contributed by atoms with Crippen LogP contribution in [0.4, 0.5) is 0 Å². The third-order valence-electron chi connectivity index (χ3n) is 8.63. The quantitative estimate of drug-likeness (QED) is 0.558. The number of benzene rings is 1. The first kappa shape index (κ1) is 20.0. The van der Waals surface area contributed by atoms with Gasteiger partial charge in [0.25, 0.3) is 0 Å². The summed E-state index contributed by atoms with van der Waals surface area (Å²) in [4.78, 5) is 6.73. The summed E-state index contributed by atoms with van der Waals surface area (Å²) in [7, 11) is 4.43. The minimum atomic E-state index is 0.449. The first-order valence-electron chi connectivity index (χ1n) is 11.9. The zero-order valence-corrected chi connectivity index (χ0v) is 18.9. The molecule has 3 aliphatic carbocycles. The van der Waals surface area contributed by atoms with Crippen LogP contribution in [0.3, 0.4) is 0 Å². The van der Waals surface area contributed by atoms with Crippen molar-refractivity contribution in [3.63, 3.8) is 0 Å². The van der Waals surface area contributed by atoms with Gasteiger partial charge in [0.1, 0.15) is 0 Å². The highest BCUT2D eigenvalue weighted by molar-refractivity contribution is 5.82. The maximum atomic E-state index is 4.34. The Labute approximate surface area is 182 Å². The predicted octanol–water partition coefficient (Wildman–Crippen LogP) is 6.89. The number of pyridine rings is 1. The molecule has 0 radical (unpaired) electrons. The van der Waals surface area contributed by atoms with Crippen molar-refractivity contribution in [3.05, 3.63) is 65.5 Å². The lowest BCUT2D eigenvalue weighted by molar-refractivity contribution is 0.158. The van der Waals surface area contributed by atoms with E-state index in [1.165, 1.54) is 67.7 Å². The summed E-state index contributed by atoms with van der Waals surface area (Å²) in [6.07, 6.45) is 19.4. The molecule has 0 N–H and O–H groups in total. The van der Waals surface area contributed by atoms with Crippen molar-refractivity contribution in [2.24, 2.45) is 11.3 Å². The maximum absolute atomic E-state index is 4.34. The van der Waals surface area contributed by atoms with E-state index in [0.29, 0.717) is 11.3 Å². The van der Waals surface area contributed by atoms with E-state index in [4.69, 9.17) is 0 Å². The zero-order chi connectivity index (χ0) is 20.7. The Kier molecular flexibility index (Phi) is 5.31. The van der Waals surface area contributed by atoms with Crippen LogP contribution in [0.2, 0.25) is 0 Å². The van der Waals surface area contributed by atoms with E-state index in [1.807, 2.05) is 12.4 Å². The topological polar surface area (TPSA) is 16.1 Å². The van der Waals surface area contributed by atoms with E-state index in [2.05, 4.69) is 67.3 Å². The van der Waals surface area contributed by atoms with Gasteiger partial charge in [-0.3, -0.25) is 4.98 Å². The van der Waals surface area contributed by atoms with Crippen molar-refractivity contribution in [1.82, 2.24) is 9.88 Å². The minimum absolute atomic E-state index is 0.449. The van der Waals surface area contributed by atoms with Crippen LogP contribution in [0.25, 0.3) is 10.8 Å². The van der Waals surface area contributed by atoms with Gasteiger partial charge in [0, 0.05) is 23.8 Å². The number of rotatable bonds is 3. The highest BCUT2D eigenvalue weighted by Gasteiger charge is 2.48. The van der Waals surface area contributed by atoms with E-state index in [9.17, 15) is 0 Å². The number of aromatic nitrogens is 1. The van der Waals surface area contributed by atoms with Gasteiger partial charge >= 0.3 is 0 Å². The van der Waals surface area contributed by atoms with Crippen LogP contribution in [0.15, 0.2) is 60.0 Å². The van der Waals surface area contributed by atoms with Gasteiger partial charge in [0.05, 0.1) is 0 Å². The molecule has 0 bridgehead atoms. The molecule has 0 saturated heterocycles. The van der Waals surface area contributed by atoms with Crippen molar-refractivity contribution in [1.29, 1.82) is 0 Å². The van der Waals surface area contributed by atoms with Gasteiger partial charge in [0.15, 0.2) is 0 Å². The molecule has 1 unspecified atom stereocenters. The highest BCUT2D eigenvalue weighted by atomic mass is 15.1. The molecule has 0 amide bonds. The monoisotopic (exact) mass is 400 g/mol. The largest absolute Gasteiger partial charge is 0.306 e. The Morgan fingerprint density at radius 1 is 1.07 bits per heavy atom. The number of nitrogens with zero attached hydrogens (tertiary/aromatic N) is 2. The fourth-order valence-electron chi connectivity index (χ4n) is 6.58. The van der Waals surface area contributed by atoms with Crippen LogP contribution < -0.4 is 0 Å². The zero-order valence-electron chi connectivity index (χ0n) is 18.9. The first-order valence-corrected chi connectivity index (χ1v) is 11.9. The summed E-state index contributed by atoms with van der Waals surface area (Å²) < 4.78 is 0. The van der Waals surface area contributed by atoms with Crippen LogP contribution in [-0.4, -0.2) is 30.0 Å². The van der Waals surface area contributed by atoms with Crippen molar-refractivity contribution < 1.29 is 0 Å². The molecular formula is C28H36N2. The molecule has 158 valence electrons. The fraction of sp³-hybridized carbons (Fsp3) is 0.536. The van der Waals surface area contributed by atoms with E-state index >= 15 is 0 Å². The lowest BCUT2D eigenvalue weighted by Crippen LogP contribution is -2.31. The second kappa shape index (κ2) is 7.96. The molecule has 4 atom stereocenters. The molecule has 2 nitrogen and oxygen atoms in total. The van der Waals surface area contributed by atoms with Gasteiger partial charge in [-0.25, -0.2) is 0 Å². The normalized spacial score (nSPS) is 33.1. The fourth-order valence-corrected chi connectivity index (χ4v) is 6.58. The maximum Gasteiger partial charge on any atom is 0.0346 e. The van der Waals surface area contributed by atoms with Crippen molar-refractivity contribution in [2.45, 2.75) is 70.3 Å². The molecular weight excluding hydrogens is 364 g/mol. The van der Waals surface area contributed by atoms with Gasteiger partial charge in [-0.2, -0.15) is 0 Å². The first-order chi connectivity index (χ1) is 14.5.